The molecule has 0 fully saturated rings. The second-order valence-electron chi connectivity index (χ2n) is 8.61. The van der Waals surface area contributed by atoms with Crippen LogP contribution >= 0.6 is 0 Å². The lowest BCUT2D eigenvalue weighted by molar-refractivity contribution is 0.616. The predicted octanol–water partition coefficient (Wildman–Crippen LogP) is 9.22. The van der Waals surface area contributed by atoms with E-state index in [-0.39, 0.29) is 0 Å². The minimum atomic E-state index is 0.889. The summed E-state index contributed by atoms with van der Waals surface area (Å²) in [4.78, 5) is 2.40. The summed E-state index contributed by atoms with van der Waals surface area (Å²) in [6.45, 7) is 0. The molecule has 0 radical (unpaired) electrons. The maximum atomic E-state index is 5.85. The summed E-state index contributed by atoms with van der Waals surface area (Å²) in [6.07, 6.45) is 1.78. The number of rotatable bonds is 2. The number of anilines is 3. The van der Waals surface area contributed by atoms with Crippen LogP contribution in [0.3, 0.4) is 0 Å². The Morgan fingerprint density at radius 1 is 0.500 bits per heavy atom. The Morgan fingerprint density at radius 3 is 2.06 bits per heavy atom. The number of hydrogen-bond donors (Lipinski definition) is 0. The third kappa shape index (κ3) is 2.82. The van der Waals surface area contributed by atoms with E-state index >= 15 is 0 Å². The van der Waals surface area contributed by atoms with E-state index in [9.17, 15) is 0 Å². The van der Waals surface area contributed by atoms with E-state index in [1.54, 1.807) is 6.26 Å². The van der Waals surface area contributed by atoms with Gasteiger partial charge in [-0.25, -0.2) is 0 Å². The van der Waals surface area contributed by atoms with Gasteiger partial charge < -0.3 is 9.32 Å². The third-order valence-electron chi connectivity index (χ3n) is 6.69. The van der Waals surface area contributed by atoms with Crippen LogP contribution in [0.4, 0.5) is 17.1 Å². The van der Waals surface area contributed by atoms with Gasteiger partial charge in [0.05, 0.1) is 17.6 Å². The van der Waals surface area contributed by atoms with E-state index in [1.807, 2.05) is 0 Å². The molecule has 2 nitrogen and oxygen atoms in total. The van der Waals surface area contributed by atoms with Crippen LogP contribution in [0.5, 0.6) is 0 Å². The highest BCUT2D eigenvalue weighted by Gasteiger charge is 2.28. The third-order valence-corrected chi connectivity index (χ3v) is 6.69. The quantitative estimate of drug-likeness (QED) is 0.269. The molecule has 0 saturated heterocycles. The highest BCUT2D eigenvalue weighted by Crippen LogP contribution is 2.53. The maximum absolute atomic E-state index is 5.85. The zero-order valence-electron chi connectivity index (χ0n) is 18.5. The molecule has 0 unspecified atom stereocenters. The highest BCUT2D eigenvalue weighted by atomic mass is 16.3. The van der Waals surface area contributed by atoms with E-state index < -0.39 is 0 Å². The molecule has 34 heavy (non-hydrogen) atoms. The van der Waals surface area contributed by atoms with E-state index in [2.05, 4.69) is 126 Å². The number of benzene rings is 5. The van der Waals surface area contributed by atoms with Crippen molar-refractivity contribution < 1.29 is 4.42 Å². The van der Waals surface area contributed by atoms with E-state index in [0.717, 1.165) is 28.0 Å². The van der Waals surface area contributed by atoms with Crippen LogP contribution in [0.1, 0.15) is 0 Å². The van der Waals surface area contributed by atoms with Crippen molar-refractivity contribution in [3.63, 3.8) is 0 Å². The van der Waals surface area contributed by atoms with Crippen molar-refractivity contribution in [1.29, 1.82) is 0 Å². The van der Waals surface area contributed by atoms with Crippen molar-refractivity contribution >= 4 is 28.0 Å². The SMILES string of the molecule is c1ccc(-c2cccc(N3c4ccccc4-c4ccccc4-c4ccc5occc5c43)c2)cc1. The zero-order valence-corrected chi connectivity index (χ0v) is 18.5. The standard InChI is InChI=1S/C32H21NO/c1-2-9-22(10-3-1)23-11-8-12-24(21-23)33-30-16-7-6-15-27(30)25-13-4-5-14-26(25)28-17-18-31-29(32(28)33)19-20-34-31/h1-21H. The lowest BCUT2D eigenvalue weighted by Gasteiger charge is -2.28. The minimum Gasteiger partial charge on any atom is -0.464 e. The Kier molecular flexibility index (Phi) is 4.18. The zero-order chi connectivity index (χ0) is 22.5. The summed E-state index contributed by atoms with van der Waals surface area (Å²) in [5.74, 6) is 0. The van der Waals surface area contributed by atoms with Crippen LogP contribution in [0.25, 0.3) is 44.3 Å². The minimum absolute atomic E-state index is 0.889. The molecule has 0 N–H and O–H groups in total. The summed E-state index contributed by atoms with van der Waals surface area (Å²) < 4.78 is 5.85. The normalized spacial score (nSPS) is 12.1. The molecule has 1 aliphatic rings. The van der Waals surface area contributed by atoms with Crippen molar-refractivity contribution in [1.82, 2.24) is 0 Å². The average molecular weight is 436 g/mol. The topological polar surface area (TPSA) is 16.4 Å². The van der Waals surface area contributed by atoms with Gasteiger partial charge in [-0.05, 0) is 58.7 Å². The first-order chi connectivity index (χ1) is 16.9. The lowest BCUT2D eigenvalue weighted by Crippen LogP contribution is -2.11. The molecule has 0 spiro atoms. The molecule has 1 aromatic heterocycles. The van der Waals surface area contributed by atoms with Crippen LogP contribution < -0.4 is 4.90 Å². The van der Waals surface area contributed by atoms with Crippen LogP contribution in [0.15, 0.2) is 132 Å². The summed E-state index contributed by atoms with van der Waals surface area (Å²) in [6, 6.07) is 43.1. The Hall–Kier alpha value is -4.56. The summed E-state index contributed by atoms with van der Waals surface area (Å²) in [5.41, 5.74) is 11.6. The van der Waals surface area contributed by atoms with Gasteiger partial charge >= 0.3 is 0 Å². The van der Waals surface area contributed by atoms with Crippen LogP contribution in [-0.2, 0) is 0 Å². The largest absolute Gasteiger partial charge is 0.464 e. The fraction of sp³-hybridized carbons (Fsp3) is 0. The number of nitrogens with zero attached hydrogens (tertiary/aromatic N) is 1. The second kappa shape index (κ2) is 7.50. The van der Waals surface area contributed by atoms with Crippen LogP contribution in [0, 0.1) is 0 Å². The summed E-state index contributed by atoms with van der Waals surface area (Å²) in [7, 11) is 0. The smallest absolute Gasteiger partial charge is 0.136 e. The highest BCUT2D eigenvalue weighted by molar-refractivity contribution is 6.10. The van der Waals surface area contributed by atoms with Gasteiger partial charge in [-0.2, -0.15) is 0 Å². The molecule has 160 valence electrons. The Balaban J connectivity index is 1.59. The molecule has 0 bridgehead atoms. The molecular formula is C32H21NO. The van der Waals surface area contributed by atoms with Gasteiger partial charge in [-0.3, -0.25) is 0 Å². The number of furan rings is 1. The molecule has 0 saturated carbocycles. The van der Waals surface area contributed by atoms with Crippen molar-refractivity contribution in [3.05, 3.63) is 128 Å². The number of fused-ring (bicyclic) bond motifs is 7. The molecule has 2 heterocycles. The monoisotopic (exact) mass is 435 g/mol. The molecule has 6 aromatic rings. The fourth-order valence-electron chi connectivity index (χ4n) is 5.18. The molecule has 0 aliphatic carbocycles. The van der Waals surface area contributed by atoms with Crippen molar-refractivity contribution in [2.45, 2.75) is 0 Å². The van der Waals surface area contributed by atoms with Gasteiger partial charge in [0.1, 0.15) is 5.58 Å². The molecule has 7 rings (SSSR count). The summed E-state index contributed by atoms with van der Waals surface area (Å²) in [5, 5.41) is 1.11. The fourth-order valence-corrected chi connectivity index (χ4v) is 5.18. The molecule has 5 aromatic carbocycles. The van der Waals surface area contributed by atoms with E-state index in [4.69, 9.17) is 4.42 Å². The molecule has 0 atom stereocenters. The Labute approximate surface area is 198 Å². The predicted molar refractivity (Wildman–Crippen MR) is 141 cm³/mol. The first-order valence-corrected chi connectivity index (χ1v) is 11.5. The van der Waals surface area contributed by atoms with Gasteiger partial charge in [-0.15, -0.1) is 0 Å². The molecule has 0 amide bonds. The van der Waals surface area contributed by atoms with Crippen molar-refractivity contribution in [2.24, 2.45) is 0 Å². The Bertz CT molecular complexity index is 1660. The van der Waals surface area contributed by atoms with Crippen molar-refractivity contribution in [2.75, 3.05) is 4.90 Å². The van der Waals surface area contributed by atoms with Crippen molar-refractivity contribution in [3.8, 4) is 33.4 Å². The first-order valence-electron chi connectivity index (χ1n) is 11.5. The summed E-state index contributed by atoms with van der Waals surface area (Å²) >= 11 is 0. The van der Waals surface area contributed by atoms with Gasteiger partial charge in [0.15, 0.2) is 0 Å². The van der Waals surface area contributed by atoms with Gasteiger partial charge in [-0.1, -0.05) is 84.9 Å². The second-order valence-corrected chi connectivity index (χ2v) is 8.61. The van der Waals surface area contributed by atoms with Crippen LogP contribution in [0.2, 0.25) is 0 Å². The number of para-hydroxylation sites is 1. The molecule has 2 heteroatoms. The van der Waals surface area contributed by atoms with Gasteiger partial charge in [0.2, 0.25) is 0 Å². The molecular weight excluding hydrogens is 414 g/mol. The van der Waals surface area contributed by atoms with E-state index in [1.165, 1.54) is 33.4 Å². The van der Waals surface area contributed by atoms with Crippen LogP contribution in [-0.4, -0.2) is 0 Å². The lowest BCUT2D eigenvalue weighted by atomic mass is 9.94. The van der Waals surface area contributed by atoms with Gasteiger partial charge in [0, 0.05) is 22.2 Å². The average Bonchev–Trinajstić information content (AvgIpc) is 3.35. The molecule has 1 aliphatic heterocycles. The van der Waals surface area contributed by atoms with Gasteiger partial charge in [0.25, 0.3) is 0 Å². The Morgan fingerprint density at radius 2 is 1.21 bits per heavy atom. The maximum Gasteiger partial charge on any atom is 0.136 e. The first kappa shape index (κ1) is 19.0. The number of hydrogen-bond acceptors (Lipinski definition) is 2. The van der Waals surface area contributed by atoms with E-state index in [0.29, 0.717) is 0 Å².